The van der Waals surface area contributed by atoms with E-state index in [4.69, 9.17) is 5.73 Å². The van der Waals surface area contributed by atoms with Gasteiger partial charge in [0.15, 0.2) is 0 Å². The predicted octanol–water partition coefficient (Wildman–Crippen LogP) is 2.04. The van der Waals surface area contributed by atoms with Gasteiger partial charge in [-0.25, -0.2) is 0 Å². The maximum atomic E-state index is 11.7. The Hall–Kier alpha value is -1.35. The first-order chi connectivity index (χ1) is 8.38. The monoisotopic (exact) mass is 246 g/mol. The Kier molecular flexibility index (Phi) is 3.44. The van der Waals surface area contributed by atoms with Crippen molar-refractivity contribution in [2.45, 2.75) is 45.2 Å². The van der Waals surface area contributed by atoms with Gasteiger partial charge in [0.25, 0.3) is 0 Å². The van der Waals surface area contributed by atoms with Crippen LogP contribution in [-0.4, -0.2) is 23.4 Å². The molecule has 1 aromatic rings. The fourth-order valence-electron chi connectivity index (χ4n) is 2.25. The Morgan fingerprint density at radius 1 is 1.28 bits per heavy atom. The van der Waals surface area contributed by atoms with E-state index in [2.05, 4.69) is 45.0 Å². The van der Waals surface area contributed by atoms with E-state index in [0.717, 1.165) is 13.0 Å². The fourth-order valence-corrected chi connectivity index (χ4v) is 2.25. The topological polar surface area (TPSA) is 46.3 Å². The second kappa shape index (κ2) is 4.73. The SMILES string of the molecule is CC(C)(C)c1ccc(CN2CCC(N)C2=O)cc1. The molecule has 3 heteroatoms. The van der Waals surface area contributed by atoms with Gasteiger partial charge in [-0.05, 0) is 23.0 Å². The van der Waals surface area contributed by atoms with Crippen LogP contribution < -0.4 is 5.73 Å². The standard InChI is InChI=1S/C15H22N2O/c1-15(2,3)12-6-4-11(5-7-12)10-17-9-8-13(16)14(17)18/h4-7,13H,8-10,16H2,1-3H3. The highest BCUT2D eigenvalue weighted by atomic mass is 16.2. The molecule has 2 rings (SSSR count). The van der Waals surface area contributed by atoms with Crippen molar-refractivity contribution < 1.29 is 4.79 Å². The smallest absolute Gasteiger partial charge is 0.239 e. The maximum absolute atomic E-state index is 11.7. The van der Waals surface area contributed by atoms with Gasteiger partial charge in [0.2, 0.25) is 5.91 Å². The molecule has 1 aliphatic heterocycles. The Bertz CT molecular complexity index is 431. The van der Waals surface area contributed by atoms with Crippen molar-refractivity contribution in [3.05, 3.63) is 35.4 Å². The summed E-state index contributed by atoms with van der Waals surface area (Å²) in [4.78, 5) is 13.6. The molecule has 0 aromatic heterocycles. The normalized spacial score (nSPS) is 20.6. The molecular weight excluding hydrogens is 224 g/mol. The average Bonchev–Trinajstić information content (AvgIpc) is 2.61. The van der Waals surface area contributed by atoms with Gasteiger partial charge >= 0.3 is 0 Å². The maximum Gasteiger partial charge on any atom is 0.239 e. The van der Waals surface area contributed by atoms with Crippen LogP contribution in [0.1, 0.15) is 38.3 Å². The number of carbonyl (C=O) groups excluding carboxylic acids is 1. The molecule has 1 heterocycles. The third-order valence-corrected chi connectivity index (χ3v) is 3.53. The van der Waals surface area contributed by atoms with Crippen LogP contribution in [0.5, 0.6) is 0 Å². The van der Waals surface area contributed by atoms with Gasteiger partial charge < -0.3 is 10.6 Å². The second-order valence-electron chi connectivity index (χ2n) is 6.10. The number of benzene rings is 1. The summed E-state index contributed by atoms with van der Waals surface area (Å²) in [7, 11) is 0. The minimum atomic E-state index is -0.293. The van der Waals surface area contributed by atoms with E-state index in [9.17, 15) is 4.79 Å². The third kappa shape index (κ3) is 2.72. The number of hydrogen-bond donors (Lipinski definition) is 1. The van der Waals surface area contributed by atoms with Crippen molar-refractivity contribution in [1.29, 1.82) is 0 Å². The summed E-state index contributed by atoms with van der Waals surface area (Å²) < 4.78 is 0. The largest absolute Gasteiger partial charge is 0.337 e. The quantitative estimate of drug-likeness (QED) is 0.868. The summed E-state index contributed by atoms with van der Waals surface area (Å²) in [6.07, 6.45) is 0.777. The van der Waals surface area contributed by atoms with Crippen molar-refractivity contribution in [3.63, 3.8) is 0 Å². The summed E-state index contributed by atoms with van der Waals surface area (Å²) in [5, 5.41) is 0. The summed E-state index contributed by atoms with van der Waals surface area (Å²) in [6, 6.07) is 8.22. The van der Waals surface area contributed by atoms with E-state index in [0.29, 0.717) is 6.54 Å². The van der Waals surface area contributed by atoms with Gasteiger partial charge in [-0.15, -0.1) is 0 Å². The van der Waals surface area contributed by atoms with Gasteiger partial charge in [0.05, 0.1) is 6.04 Å². The molecule has 1 unspecified atom stereocenters. The van der Waals surface area contributed by atoms with Crippen molar-refractivity contribution >= 4 is 5.91 Å². The molecule has 1 saturated heterocycles. The van der Waals surface area contributed by atoms with Crippen LogP contribution in [0.2, 0.25) is 0 Å². The molecule has 1 aliphatic rings. The molecular formula is C15H22N2O. The van der Waals surface area contributed by atoms with E-state index in [1.165, 1.54) is 11.1 Å². The van der Waals surface area contributed by atoms with Crippen LogP contribution in [0.3, 0.4) is 0 Å². The third-order valence-electron chi connectivity index (χ3n) is 3.53. The molecule has 0 saturated carbocycles. The number of likely N-dealkylation sites (tertiary alicyclic amines) is 1. The zero-order valence-corrected chi connectivity index (χ0v) is 11.4. The molecule has 0 aliphatic carbocycles. The van der Waals surface area contributed by atoms with Crippen molar-refractivity contribution in [2.24, 2.45) is 5.73 Å². The van der Waals surface area contributed by atoms with Gasteiger partial charge in [-0.3, -0.25) is 4.79 Å². The van der Waals surface area contributed by atoms with Gasteiger partial charge in [0, 0.05) is 13.1 Å². The zero-order valence-electron chi connectivity index (χ0n) is 11.4. The highest BCUT2D eigenvalue weighted by Crippen LogP contribution is 2.23. The highest BCUT2D eigenvalue weighted by molar-refractivity contribution is 5.83. The summed E-state index contributed by atoms with van der Waals surface area (Å²) in [6.45, 7) is 8.05. The highest BCUT2D eigenvalue weighted by Gasteiger charge is 2.28. The molecule has 0 spiro atoms. The molecule has 1 aromatic carbocycles. The van der Waals surface area contributed by atoms with Crippen molar-refractivity contribution in [2.75, 3.05) is 6.54 Å². The van der Waals surface area contributed by atoms with E-state index in [-0.39, 0.29) is 17.4 Å². The van der Waals surface area contributed by atoms with Crippen LogP contribution in [0, 0.1) is 0 Å². The first kappa shape index (κ1) is 13.1. The van der Waals surface area contributed by atoms with Crippen LogP contribution in [0.15, 0.2) is 24.3 Å². The van der Waals surface area contributed by atoms with Crippen LogP contribution >= 0.6 is 0 Å². The van der Waals surface area contributed by atoms with Crippen LogP contribution in [-0.2, 0) is 16.8 Å². The molecule has 1 atom stereocenters. The number of rotatable bonds is 2. The van der Waals surface area contributed by atoms with E-state index in [1.54, 1.807) is 0 Å². The van der Waals surface area contributed by atoms with E-state index >= 15 is 0 Å². The summed E-state index contributed by atoms with van der Waals surface area (Å²) in [5.74, 6) is 0.0786. The fraction of sp³-hybridized carbons (Fsp3) is 0.533. The molecule has 18 heavy (non-hydrogen) atoms. The molecule has 3 nitrogen and oxygen atoms in total. The number of carbonyl (C=O) groups is 1. The minimum Gasteiger partial charge on any atom is -0.337 e. The summed E-state index contributed by atoms with van der Waals surface area (Å²) >= 11 is 0. The molecule has 1 fully saturated rings. The van der Waals surface area contributed by atoms with Crippen molar-refractivity contribution in [3.8, 4) is 0 Å². The lowest BCUT2D eigenvalue weighted by atomic mass is 9.87. The lowest BCUT2D eigenvalue weighted by molar-refractivity contribution is -0.129. The number of nitrogens with two attached hydrogens (primary N) is 1. The molecule has 0 bridgehead atoms. The van der Waals surface area contributed by atoms with Gasteiger partial charge in [0.1, 0.15) is 0 Å². The minimum absolute atomic E-state index is 0.0786. The predicted molar refractivity (Wildman–Crippen MR) is 73.2 cm³/mol. The van der Waals surface area contributed by atoms with E-state index < -0.39 is 0 Å². The first-order valence-corrected chi connectivity index (χ1v) is 6.52. The van der Waals surface area contributed by atoms with Gasteiger partial charge in [-0.2, -0.15) is 0 Å². The van der Waals surface area contributed by atoms with Crippen LogP contribution in [0.25, 0.3) is 0 Å². The lowest BCUT2D eigenvalue weighted by Crippen LogP contribution is -2.33. The Labute approximate surface area is 109 Å². The van der Waals surface area contributed by atoms with E-state index in [1.807, 2.05) is 4.90 Å². The van der Waals surface area contributed by atoms with Gasteiger partial charge in [-0.1, -0.05) is 45.0 Å². The Balaban J connectivity index is 2.05. The van der Waals surface area contributed by atoms with Crippen molar-refractivity contribution in [1.82, 2.24) is 4.90 Å². The molecule has 0 radical (unpaired) electrons. The molecule has 1 amide bonds. The second-order valence-corrected chi connectivity index (χ2v) is 6.10. The first-order valence-electron chi connectivity index (χ1n) is 6.52. The zero-order chi connectivity index (χ0) is 13.3. The molecule has 98 valence electrons. The Morgan fingerprint density at radius 2 is 1.89 bits per heavy atom. The summed E-state index contributed by atoms with van der Waals surface area (Å²) in [5.41, 5.74) is 8.37. The average molecular weight is 246 g/mol. The molecule has 2 N–H and O–H groups in total. The lowest BCUT2D eigenvalue weighted by Gasteiger charge is -2.20. The number of amides is 1. The van der Waals surface area contributed by atoms with Crippen LogP contribution in [0.4, 0.5) is 0 Å². The number of hydrogen-bond acceptors (Lipinski definition) is 2. The Morgan fingerprint density at radius 3 is 2.33 bits per heavy atom. The number of nitrogens with zero attached hydrogens (tertiary/aromatic N) is 1.